The summed E-state index contributed by atoms with van der Waals surface area (Å²) in [4.78, 5) is 0. The third kappa shape index (κ3) is 2.57. The highest BCUT2D eigenvalue weighted by atomic mass is 16.7. The largest absolute Gasteiger partial charge is 0.514 e. The Morgan fingerprint density at radius 3 is 2.42 bits per heavy atom. The zero-order valence-electron chi connectivity index (χ0n) is 12.6. The van der Waals surface area contributed by atoms with Gasteiger partial charge in [0.25, 0.3) is 0 Å². The lowest BCUT2D eigenvalue weighted by Crippen LogP contribution is -2.41. The van der Waals surface area contributed by atoms with Gasteiger partial charge in [-0.25, -0.2) is 4.68 Å². The van der Waals surface area contributed by atoms with Crippen molar-refractivity contribution >= 4 is 12.7 Å². The summed E-state index contributed by atoms with van der Waals surface area (Å²) in [7, 11) is -0.407. The number of ether oxygens (including phenoxy) is 1. The molecule has 1 aromatic heterocycles. The predicted molar refractivity (Wildman–Crippen MR) is 74.3 cm³/mol. The van der Waals surface area contributed by atoms with Gasteiger partial charge in [0.05, 0.1) is 16.8 Å². The lowest BCUT2D eigenvalue weighted by molar-refractivity contribution is 0.00578. The number of hydrogen-bond donors (Lipinski definition) is 0. The zero-order valence-corrected chi connectivity index (χ0v) is 12.6. The Bertz CT molecular complexity index is 429. The first-order chi connectivity index (χ1) is 8.78. The molecule has 106 valence electrons. The molecule has 0 aliphatic carbocycles. The summed E-state index contributed by atoms with van der Waals surface area (Å²) in [6.45, 7) is 12.7. The summed E-state index contributed by atoms with van der Waals surface area (Å²) >= 11 is 0. The van der Waals surface area contributed by atoms with Crippen LogP contribution in [0.3, 0.4) is 0 Å². The van der Waals surface area contributed by atoms with Crippen LogP contribution in [-0.2, 0) is 14.0 Å². The smallest absolute Gasteiger partial charge is 0.398 e. The Balaban J connectivity index is 2.23. The minimum Gasteiger partial charge on any atom is -0.398 e. The van der Waals surface area contributed by atoms with E-state index in [1.165, 1.54) is 0 Å². The Kier molecular flexibility index (Phi) is 3.77. The van der Waals surface area contributed by atoms with Crippen LogP contribution in [0.15, 0.2) is 12.3 Å². The number of nitrogens with zero attached hydrogens (tertiary/aromatic N) is 2. The van der Waals surface area contributed by atoms with Crippen molar-refractivity contribution in [2.75, 3.05) is 6.61 Å². The van der Waals surface area contributed by atoms with Gasteiger partial charge in [-0.3, -0.25) is 0 Å². The molecule has 0 amide bonds. The topological polar surface area (TPSA) is 45.5 Å². The summed E-state index contributed by atoms with van der Waals surface area (Å²) in [6.07, 6.45) is 1.62. The van der Waals surface area contributed by atoms with Gasteiger partial charge in [-0.05, 0) is 47.6 Å². The van der Waals surface area contributed by atoms with Gasteiger partial charge in [-0.2, -0.15) is 5.10 Å². The first kappa shape index (κ1) is 14.6. The Morgan fingerprint density at radius 1 is 1.32 bits per heavy atom. The maximum absolute atomic E-state index is 6.04. The maximum atomic E-state index is 6.04. The van der Waals surface area contributed by atoms with Crippen molar-refractivity contribution in [1.29, 1.82) is 0 Å². The Labute approximate surface area is 115 Å². The molecule has 0 N–H and O–H groups in total. The fourth-order valence-corrected chi connectivity index (χ4v) is 2.09. The van der Waals surface area contributed by atoms with Crippen LogP contribution in [0.1, 0.15) is 47.8 Å². The number of rotatable bonds is 4. The van der Waals surface area contributed by atoms with Crippen molar-refractivity contribution in [2.24, 2.45) is 0 Å². The van der Waals surface area contributed by atoms with Crippen LogP contribution >= 0.6 is 0 Å². The van der Waals surface area contributed by atoms with Crippen LogP contribution in [0.4, 0.5) is 0 Å². The maximum Gasteiger partial charge on any atom is 0.514 e. The second kappa shape index (κ2) is 4.92. The molecule has 0 radical (unpaired) electrons. The van der Waals surface area contributed by atoms with E-state index in [1.807, 2.05) is 52.3 Å². The molecule has 6 heteroatoms. The first-order valence-corrected chi connectivity index (χ1v) is 6.79. The molecule has 1 atom stereocenters. The monoisotopic (exact) mass is 266 g/mol. The summed E-state index contributed by atoms with van der Waals surface area (Å²) in [6, 6.07) is 1.91. The molecule has 5 nitrogen and oxygen atoms in total. The van der Waals surface area contributed by atoms with Gasteiger partial charge in [0, 0.05) is 12.8 Å². The van der Waals surface area contributed by atoms with Gasteiger partial charge in [-0.1, -0.05) is 0 Å². The van der Waals surface area contributed by atoms with Crippen LogP contribution in [0.2, 0.25) is 0 Å². The lowest BCUT2D eigenvalue weighted by Gasteiger charge is -2.32. The molecule has 1 aromatic rings. The van der Waals surface area contributed by atoms with E-state index in [0.717, 1.165) is 5.59 Å². The number of hydrogen-bond acceptors (Lipinski definition) is 4. The molecule has 0 aromatic carbocycles. The molecule has 1 aliphatic rings. The minimum absolute atomic E-state index is 0.131. The van der Waals surface area contributed by atoms with Crippen molar-refractivity contribution < 1.29 is 14.0 Å². The molecular weight excluding hydrogens is 243 g/mol. The van der Waals surface area contributed by atoms with Crippen LogP contribution in [0, 0.1) is 0 Å². The van der Waals surface area contributed by atoms with Crippen molar-refractivity contribution in [3.63, 3.8) is 0 Å². The predicted octanol–water partition coefficient (Wildman–Crippen LogP) is 1.74. The molecule has 0 spiro atoms. The second-order valence-corrected chi connectivity index (χ2v) is 5.84. The van der Waals surface area contributed by atoms with Crippen LogP contribution in [0.5, 0.6) is 0 Å². The number of aromatic nitrogens is 2. The molecule has 0 saturated carbocycles. The van der Waals surface area contributed by atoms with E-state index < -0.39 is 7.12 Å². The highest BCUT2D eigenvalue weighted by molar-refractivity contribution is 6.61. The van der Waals surface area contributed by atoms with E-state index in [1.54, 1.807) is 6.20 Å². The summed E-state index contributed by atoms with van der Waals surface area (Å²) in [5, 5.41) is 4.31. The van der Waals surface area contributed by atoms with Crippen molar-refractivity contribution in [2.45, 2.75) is 59.0 Å². The van der Waals surface area contributed by atoms with Crippen molar-refractivity contribution in [3.05, 3.63) is 12.3 Å². The second-order valence-electron chi connectivity index (χ2n) is 5.84. The standard InChI is InChI=1S/C13H23BN2O3/c1-7-17-10(2)16-11(8-9-15-16)14-18-12(3,4)13(5,6)19-14/h8-10H,7H2,1-6H3/t10-/m1/s1. The normalized spacial score (nSPS) is 22.7. The first-order valence-electron chi connectivity index (χ1n) is 6.79. The van der Waals surface area contributed by atoms with E-state index in [2.05, 4.69) is 5.10 Å². The Morgan fingerprint density at radius 2 is 1.89 bits per heavy atom. The van der Waals surface area contributed by atoms with Crippen LogP contribution < -0.4 is 5.59 Å². The highest BCUT2D eigenvalue weighted by Crippen LogP contribution is 2.36. The van der Waals surface area contributed by atoms with Crippen LogP contribution in [-0.4, -0.2) is 34.7 Å². The minimum atomic E-state index is -0.407. The zero-order chi connectivity index (χ0) is 14.3. The fraction of sp³-hybridized carbons (Fsp3) is 0.769. The van der Waals surface area contributed by atoms with Crippen LogP contribution in [0.25, 0.3) is 0 Å². The summed E-state index contributed by atoms with van der Waals surface area (Å²) in [5.41, 5.74) is 0.197. The molecule has 19 heavy (non-hydrogen) atoms. The van der Waals surface area contributed by atoms with Gasteiger partial charge >= 0.3 is 7.12 Å². The molecule has 1 aliphatic heterocycles. The molecule has 0 unspecified atom stereocenters. The van der Waals surface area contributed by atoms with Gasteiger partial charge in [0.2, 0.25) is 0 Å². The fourth-order valence-electron chi connectivity index (χ4n) is 2.09. The summed E-state index contributed by atoms with van der Waals surface area (Å²) in [5.74, 6) is 0. The van der Waals surface area contributed by atoms with Gasteiger partial charge in [-0.15, -0.1) is 0 Å². The van der Waals surface area contributed by atoms with E-state index in [0.29, 0.717) is 6.61 Å². The quantitative estimate of drug-likeness (QED) is 0.779. The van der Waals surface area contributed by atoms with E-state index in [9.17, 15) is 0 Å². The van der Waals surface area contributed by atoms with Gasteiger partial charge < -0.3 is 14.0 Å². The highest BCUT2D eigenvalue weighted by Gasteiger charge is 2.52. The summed E-state index contributed by atoms with van der Waals surface area (Å²) < 4.78 is 19.5. The Hall–Kier alpha value is -0.845. The lowest BCUT2D eigenvalue weighted by atomic mass is 9.84. The average Bonchev–Trinajstić information content (AvgIpc) is 2.82. The van der Waals surface area contributed by atoms with Crippen molar-refractivity contribution in [1.82, 2.24) is 9.78 Å². The van der Waals surface area contributed by atoms with Gasteiger partial charge in [0.1, 0.15) is 6.23 Å². The molecular formula is C13H23BN2O3. The molecule has 2 rings (SSSR count). The SMILES string of the molecule is CCO[C@H](C)n1nccc1B1OC(C)(C)C(C)(C)O1. The van der Waals surface area contributed by atoms with Crippen molar-refractivity contribution in [3.8, 4) is 0 Å². The molecule has 1 fully saturated rings. The molecule has 1 saturated heterocycles. The van der Waals surface area contributed by atoms with E-state index in [4.69, 9.17) is 14.0 Å². The third-order valence-electron chi connectivity index (χ3n) is 3.95. The van der Waals surface area contributed by atoms with E-state index in [-0.39, 0.29) is 17.4 Å². The van der Waals surface area contributed by atoms with Gasteiger partial charge in [0.15, 0.2) is 0 Å². The molecule has 2 heterocycles. The average molecular weight is 266 g/mol. The third-order valence-corrected chi connectivity index (χ3v) is 3.95. The molecule has 0 bridgehead atoms. The van der Waals surface area contributed by atoms with E-state index >= 15 is 0 Å².